The van der Waals surface area contributed by atoms with Crippen molar-refractivity contribution in [1.29, 1.82) is 0 Å². The molecule has 0 saturated heterocycles. The molecule has 1 fully saturated rings. The maximum atomic E-state index is 5.03. The molecule has 0 heterocycles. The number of nitrogens with zero attached hydrogens (tertiary/aromatic N) is 3. The third-order valence-electron chi connectivity index (χ3n) is 4.38. The predicted molar refractivity (Wildman–Crippen MR) is 95.6 cm³/mol. The predicted octanol–water partition coefficient (Wildman–Crippen LogP) is 0.194. The van der Waals surface area contributed by atoms with Gasteiger partial charge in [-0.1, -0.05) is 34.6 Å². The van der Waals surface area contributed by atoms with Gasteiger partial charge < -0.3 is 17.3 Å². The van der Waals surface area contributed by atoms with Crippen LogP contribution >= 0.6 is 19.2 Å². The van der Waals surface area contributed by atoms with Gasteiger partial charge in [-0.3, -0.25) is 9.80 Å². The van der Waals surface area contributed by atoms with Crippen molar-refractivity contribution in [1.82, 2.24) is 14.7 Å². The van der Waals surface area contributed by atoms with Crippen LogP contribution in [0.2, 0.25) is 0 Å². The summed E-state index contributed by atoms with van der Waals surface area (Å²) in [6.07, 6.45) is 0. The summed E-state index contributed by atoms with van der Waals surface area (Å²) in [5, 5.41) is 0. The van der Waals surface area contributed by atoms with Gasteiger partial charge in [0.1, 0.15) is 0 Å². The second-order valence-corrected chi connectivity index (χ2v) is 6.69. The lowest BCUT2D eigenvalue weighted by atomic mass is 10.4. The fraction of sp³-hybridized carbons (Fsp3) is 1.00. The maximum Gasteiger partial charge on any atom is 0.0438 e. The van der Waals surface area contributed by atoms with E-state index >= 15 is 0 Å². The Morgan fingerprint density at radius 3 is 1.24 bits per heavy atom. The van der Waals surface area contributed by atoms with Crippen LogP contribution in [-0.4, -0.2) is 79.3 Å². The van der Waals surface area contributed by atoms with Crippen LogP contribution in [0.1, 0.15) is 34.6 Å². The standard InChI is InChI=1S/C14H31N3.CH4ClP.ClH/c1-7-15(6)12-13(16(8-2)9-3)14(12)17(10-4)11-5;1-3-2;/h12-14H,7-11H2,1-6H3;3H,1H3;1H/p-1. The molecule has 21 heavy (non-hydrogen) atoms. The highest BCUT2D eigenvalue weighted by atomic mass is 35.7. The summed E-state index contributed by atoms with van der Waals surface area (Å²) in [6, 6.07) is 2.23. The average molecular weight is 359 g/mol. The fourth-order valence-electron chi connectivity index (χ4n) is 3.15. The third-order valence-corrected chi connectivity index (χ3v) is 4.38. The van der Waals surface area contributed by atoms with E-state index in [0.29, 0.717) is 7.93 Å². The van der Waals surface area contributed by atoms with Crippen molar-refractivity contribution < 1.29 is 12.4 Å². The van der Waals surface area contributed by atoms with Gasteiger partial charge in [0.25, 0.3) is 0 Å². The van der Waals surface area contributed by atoms with Crippen LogP contribution in [0.25, 0.3) is 0 Å². The van der Waals surface area contributed by atoms with Crippen LogP contribution in [0.3, 0.4) is 0 Å². The minimum Gasteiger partial charge on any atom is -1.00 e. The molecule has 0 spiro atoms. The number of rotatable bonds is 8. The second-order valence-electron chi connectivity index (χ2n) is 5.18. The van der Waals surface area contributed by atoms with E-state index in [-0.39, 0.29) is 12.4 Å². The van der Waals surface area contributed by atoms with E-state index in [9.17, 15) is 0 Å². The van der Waals surface area contributed by atoms with Gasteiger partial charge in [0.15, 0.2) is 0 Å². The first-order valence-electron chi connectivity index (χ1n) is 8.03. The van der Waals surface area contributed by atoms with Crippen LogP contribution in [0, 0.1) is 0 Å². The number of likely N-dealkylation sites (N-methyl/N-ethyl adjacent to an activating group) is 3. The quantitative estimate of drug-likeness (QED) is 0.573. The van der Waals surface area contributed by atoms with Gasteiger partial charge in [0.2, 0.25) is 0 Å². The molecule has 0 amide bonds. The molecule has 130 valence electrons. The molecule has 0 N–H and O–H groups in total. The molecule has 0 aromatic heterocycles. The van der Waals surface area contributed by atoms with Gasteiger partial charge in [-0.2, -0.15) is 0 Å². The van der Waals surface area contributed by atoms with Gasteiger partial charge >= 0.3 is 0 Å². The van der Waals surface area contributed by atoms with E-state index in [1.807, 2.05) is 6.66 Å². The molecule has 3 atom stereocenters. The van der Waals surface area contributed by atoms with E-state index in [2.05, 4.69) is 56.4 Å². The first-order valence-corrected chi connectivity index (χ1v) is 10.5. The summed E-state index contributed by atoms with van der Waals surface area (Å²) in [5.41, 5.74) is 0. The van der Waals surface area contributed by atoms with E-state index < -0.39 is 0 Å². The van der Waals surface area contributed by atoms with Gasteiger partial charge in [0.05, 0.1) is 0 Å². The zero-order chi connectivity index (χ0) is 15.7. The first-order chi connectivity index (χ1) is 9.57. The topological polar surface area (TPSA) is 9.72 Å². The molecule has 0 aliphatic heterocycles. The highest BCUT2D eigenvalue weighted by molar-refractivity contribution is 7.67. The average Bonchev–Trinajstić information content (AvgIpc) is 3.17. The summed E-state index contributed by atoms with van der Waals surface area (Å²) in [7, 11) is 2.82. The lowest BCUT2D eigenvalue weighted by molar-refractivity contribution is -0.00000456. The summed E-state index contributed by atoms with van der Waals surface area (Å²) >= 11 is 5.03. The maximum absolute atomic E-state index is 5.03. The van der Waals surface area contributed by atoms with Crippen molar-refractivity contribution in [3.8, 4) is 0 Å². The summed E-state index contributed by atoms with van der Waals surface area (Å²) < 4.78 is 0. The third kappa shape index (κ3) is 6.89. The molecular weight excluding hydrogens is 324 g/mol. The Labute approximate surface area is 145 Å². The Morgan fingerprint density at radius 2 is 1.05 bits per heavy atom. The molecule has 1 aliphatic rings. The van der Waals surface area contributed by atoms with Crippen molar-refractivity contribution >= 4 is 19.2 Å². The number of halogens is 2. The van der Waals surface area contributed by atoms with Crippen LogP contribution in [-0.2, 0) is 0 Å². The Hall–Kier alpha value is 0.890. The number of hydrogen-bond acceptors (Lipinski definition) is 3. The van der Waals surface area contributed by atoms with Crippen LogP contribution < -0.4 is 12.4 Å². The van der Waals surface area contributed by atoms with Crippen molar-refractivity contribution in [3.05, 3.63) is 0 Å². The normalized spacial score (nSPS) is 24.4. The van der Waals surface area contributed by atoms with Crippen molar-refractivity contribution in [2.45, 2.75) is 52.7 Å². The second kappa shape index (κ2) is 13.3. The molecule has 0 aromatic carbocycles. The van der Waals surface area contributed by atoms with E-state index in [1.54, 1.807) is 0 Å². The molecule has 1 saturated carbocycles. The highest BCUT2D eigenvalue weighted by Crippen LogP contribution is 2.37. The molecule has 6 heteroatoms. The fourth-order valence-corrected chi connectivity index (χ4v) is 3.15. The minimum absolute atomic E-state index is 0. The lowest BCUT2D eigenvalue weighted by Gasteiger charge is -2.22. The van der Waals surface area contributed by atoms with Crippen molar-refractivity contribution in [3.63, 3.8) is 0 Å². The van der Waals surface area contributed by atoms with Crippen molar-refractivity contribution in [2.75, 3.05) is 46.4 Å². The smallest absolute Gasteiger partial charge is 0.0438 e. The summed E-state index contributed by atoms with van der Waals surface area (Å²) in [6.45, 7) is 19.2. The zero-order valence-corrected chi connectivity index (χ0v) is 17.4. The molecule has 3 unspecified atom stereocenters. The summed E-state index contributed by atoms with van der Waals surface area (Å²) in [4.78, 5) is 7.77. The summed E-state index contributed by atoms with van der Waals surface area (Å²) in [5.74, 6) is 0. The van der Waals surface area contributed by atoms with Crippen LogP contribution in [0.4, 0.5) is 0 Å². The van der Waals surface area contributed by atoms with Crippen LogP contribution in [0.5, 0.6) is 0 Å². The monoisotopic (exact) mass is 358 g/mol. The Morgan fingerprint density at radius 1 is 0.762 bits per heavy atom. The van der Waals surface area contributed by atoms with E-state index in [1.165, 1.54) is 26.2 Å². The molecule has 0 aromatic rings. The van der Waals surface area contributed by atoms with Crippen LogP contribution in [0.15, 0.2) is 0 Å². The SMILES string of the molecule is CCN(C)C1C(N(CC)CC)C1N(CC)CC.CPCl.[Cl-]. The van der Waals surface area contributed by atoms with E-state index in [4.69, 9.17) is 11.2 Å². The van der Waals surface area contributed by atoms with Gasteiger partial charge in [-0.15, -0.1) is 11.2 Å². The Bertz CT molecular complexity index is 221. The molecule has 3 nitrogen and oxygen atoms in total. The molecule has 0 bridgehead atoms. The molecule has 0 radical (unpaired) electrons. The zero-order valence-electron chi connectivity index (χ0n) is 14.9. The van der Waals surface area contributed by atoms with Crippen molar-refractivity contribution in [2.24, 2.45) is 0 Å². The number of hydrogen-bond donors (Lipinski definition) is 0. The highest BCUT2D eigenvalue weighted by Gasteiger charge is 2.56. The Kier molecular flexibility index (Phi) is 15.3. The largest absolute Gasteiger partial charge is 1.00 e. The molecular formula is C15H35Cl2N3P-. The van der Waals surface area contributed by atoms with Gasteiger partial charge in [0, 0.05) is 18.1 Å². The minimum atomic E-state index is 0. The van der Waals surface area contributed by atoms with Gasteiger partial charge in [-0.25, -0.2) is 0 Å². The first kappa shape index (κ1) is 24.1. The Balaban J connectivity index is 0. The van der Waals surface area contributed by atoms with Gasteiger partial charge in [-0.05, 0) is 54.4 Å². The molecule has 1 aliphatic carbocycles. The lowest BCUT2D eigenvalue weighted by Crippen LogP contribution is -3.00. The molecule has 1 rings (SSSR count). The van der Waals surface area contributed by atoms with E-state index in [0.717, 1.165) is 24.7 Å².